The molecule has 21 heavy (non-hydrogen) atoms. The summed E-state index contributed by atoms with van der Waals surface area (Å²) >= 11 is 0. The first-order valence-electron chi connectivity index (χ1n) is 8.04. The second-order valence-electron chi connectivity index (χ2n) is 4.89. The van der Waals surface area contributed by atoms with E-state index in [9.17, 15) is 0 Å². The van der Waals surface area contributed by atoms with Crippen LogP contribution in [0, 0.1) is 0 Å². The van der Waals surface area contributed by atoms with Crippen LogP contribution in [0.4, 0.5) is 0 Å². The average Bonchev–Trinajstić information content (AvgIpc) is 3.03. The molecule has 6 heteroatoms. The maximum Gasteiger partial charge on any atom is 0.0700 e. The fourth-order valence-electron chi connectivity index (χ4n) is 1.93. The van der Waals surface area contributed by atoms with Gasteiger partial charge in [-0.05, 0) is 25.8 Å². The molecule has 6 nitrogen and oxygen atoms in total. The molecule has 1 heterocycles. The summed E-state index contributed by atoms with van der Waals surface area (Å²) in [6.07, 6.45) is 4.09. The molecule has 1 saturated heterocycles. The lowest BCUT2D eigenvalue weighted by atomic mass is 10.2. The fraction of sp³-hybridized carbons (Fsp3) is 1.00. The van der Waals surface area contributed by atoms with Crippen LogP contribution in [-0.2, 0) is 14.2 Å². The first kappa shape index (κ1) is 20.8. The molecule has 0 amide bonds. The molecule has 1 unspecified atom stereocenters. The maximum atomic E-state index is 8.41. The van der Waals surface area contributed by atoms with Gasteiger partial charge in [0.2, 0.25) is 0 Å². The quantitative estimate of drug-likeness (QED) is 0.453. The number of hydrogen-bond donors (Lipinski definition) is 3. The normalized spacial score (nSPS) is 17.6. The van der Waals surface area contributed by atoms with E-state index in [0.717, 1.165) is 19.1 Å². The van der Waals surface area contributed by atoms with Gasteiger partial charge < -0.3 is 30.0 Å². The third-order valence-electron chi connectivity index (χ3n) is 3.17. The molecule has 1 aliphatic heterocycles. The average molecular weight is 306 g/mol. The number of rotatable bonds is 12. The maximum absolute atomic E-state index is 8.41. The van der Waals surface area contributed by atoms with Crippen LogP contribution in [0.2, 0.25) is 0 Å². The minimum atomic E-state index is 0.0835. The van der Waals surface area contributed by atoms with E-state index in [-0.39, 0.29) is 6.61 Å². The molecule has 0 aromatic carbocycles. The van der Waals surface area contributed by atoms with Crippen LogP contribution < -0.4 is 10.6 Å². The summed E-state index contributed by atoms with van der Waals surface area (Å²) in [7, 11) is 1.65. The van der Waals surface area contributed by atoms with E-state index in [2.05, 4.69) is 17.6 Å². The first-order valence-corrected chi connectivity index (χ1v) is 8.04. The third-order valence-corrected chi connectivity index (χ3v) is 3.17. The summed E-state index contributed by atoms with van der Waals surface area (Å²) in [4.78, 5) is 0. The standard InChI is InChI=1S/C9H21NO4.C6H13N/c1-12-8-9-14-6-3-10-2-5-13-7-4-11;1-2-6-4-3-5-7-6/h10-11H,2-9H2,1H3;6-7H,2-5H2,1H3. The highest BCUT2D eigenvalue weighted by molar-refractivity contribution is 4.71. The predicted octanol–water partition coefficient (Wildman–Crippen LogP) is 0.396. The van der Waals surface area contributed by atoms with Gasteiger partial charge in [0.15, 0.2) is 0 Å². The summed E-state index contributed by atoms with van der Waals surface area (Å²) < 4.78 is 15.1. The van der Waals surface area contributed by atoms with Gasteiger partial charge in [0.05, 0.1) is 39.6 Å². The molecule has 0 spiro atoms. The molecule has 1 aliphatic rings. The van der Waals surface area contributed by atoms with E-state index in [1.165, 1.54) is 25.8 Å². The molecule has 0 radical (unpaired) electrons. The van der Waals surface area contributed by atoms with E-state index in [1.54, 1.807) is 7.11 Å². The van der Waals surface area contributed by atoms with Crippen molar-refractivity contribution in [3.63, 3.8) is 0 Å². The largest absolute Gasteiger partial charge is 0.394 e. The van der Waals surface area contributed by atoms with Crippen LogP contribution >= 0.6 is 0 Å². The molecule has 0 saturated carbocycles. The Hall–Kier alpha value is -0.240. The highest BCUT2D eigenvalue weighted by atomic mass is 16.5. The summed E-state index contributed by atoms with van der Waals surface area (Å²) in [5.41, 5.74) is 0. The second-order valence-corrected chi connectivity index (χ2v) is 4.89. The monoisotopic (exact) mass is 306 g/mol. The smallest absolute Gasteiger partial charge is 0.0700 e. The van der Waals surface area contributed by atoms with Crippen LogP contribution in [0.25, 0.3) is 0 Å². The van der Waals surface area contributed by atoms with Crippen LogP contribution in [0.15, 0.2) is 0 Å². The van der Waals surface area contributed by atoms with Crippen LogP contribution in [-0.4, -0.2) is 77.5 Å². The fourth-order valence-corrected chi connectivity index (χ4v) is 1.93. The topological polar surface area (TPSA) is 72.0 Å². The van der Waals surface area contributed by atoms with E-state index >= 15 is 0 Å². The van der Waals surface area contributed by atoms with Gasteiger partial charge in [-0.25, -0.2) is 0 Å². The lowest BCUT2D eigenvalue weighted by molar-refractivity contribution is 0.0688. The minimum absolute atomic E-state index is 0.0835. The van der Waals surface area contributed by atoms with Crippen molar-refractivity contribution >= 4 is 0 Å². The SMILES string of the molecule is CCC1CCCN1.COCCOCCNCCOCCO. The molecule has 0 aliphatic carbocycles. The Morgan fingerprint density at radius 2 is 1.81 bits per heavy atom. The van der Waals surface area contributed by atoms with Crippen molar-refractivity contribution in [2.45, 2.75) is 32.2 Å². The molecule has 0 aromatic rings. The van der Waals surface area contributed by atoms with Crippen molar-refractivity contribution in [1.29, 1.82) is 0 Å². The molecule has 1 fully saturated rings. The number of ether oxygens (including phenoxy) is 3. The molecular weight excluding hydrogens is 272 g/mol. The van der Waals surface area contributed by atoms with E-state index in [4.69, 9.17) is 19.3 Å². The summed E-state index contributed by atoms with van der Waals surface area (Å²) in [6, 6.07) is 0.847. The van der Waals surface area contributed by atoms with Crippen molar-refractivity contribution in [3.05, 3.63) is 0 Å². The zero-order valence-electron chi connectivity index (χ0n) is 13.7. The Bertz CT molecular complexity index is 179. The Morgan fingerprint density at radius 3 is 2.29 bits per heavy atom. The van der Waals surface area contributed by atoms with Gasteiger partial charge in [0.25, 0.3) is 0 Å². The molecule has 0 bridgehead atoms. The second kappa shape index (κ2) is 17.8. The van der Waals surface area contributed by atoms with Crippen molar-refractivity contribution in [3.8, 4) is 0 Å². The van der Waals surface area contributed by atoms with Crippen molar-refractivity contribution < 1.29 is 19.3 Å². The van der Waals surface area contributed by atoms with Crippen LogP contribution in [0.1, 0.15) is 26.2 Å². The van der Waals surface area contributed by atoms with Gasteiger partial charge in [-0.2, -0.15) is 0 Å². The van der Waals surface area contributed by atoms with Crippen molar-refractivity contribution in [2.75, 3.05) is 66.4 Å². The van der Waals surface area contributed by atoms with Crippen molar-refractivity contribution in [1.82, 2.24) is 10.6 Å². The van der Waals surface area contributed by atoms with E-state index in [0.29, 0.717) is 33.0 Å². The van der Waals surface area contributed by atoms with Crippen LogP contribution in [0.5, 0.6) is 0 Å². The van der Waals surface area contributed by atoms with Gasteiger partial charge in [-0.3, -0.25) is 0 Å². The number of hydrogen-bond acceptors (Lipinski definition) is 6. The Labute approximate surface area is 129 Å². The number of aliphatic hydroxyl groups is 1. The number of aliphatic hydroxyl groups excluding tert-OH is 1. The van der Waals surface area contributed by atoms with Crippen molar-refractivity contribution in [2.24, 2.45) is 0 Å². The molecule has 1 atom stereocenters. The Morgan fingerprint density at radius 1 is 1.10 bits per heavy atom. The van der Waals surface area contributed by atoms with Gasteiger partial charge in [-0.1, -0.05) is 6.92 Å². The van der Waals surface area contributed by atoms with Gasteiger partial charge in [0, 0.05) is 26.2 Å². The third kappa shape index (κ3) is 16.0. The molecule has 3 N–H and O–H groups in total. The molecule has 128 valence electrons. The van der Waals surface area contributed by atoms with E-state index in [1.807, 2.05) is 0 Å². The zero-order chi connectivity index (χ0) is 15.6. The summed E-state index contributed by atoms with van der Waals surface area (Å²) in [6.45, 7) is 8.16. The van der Waals surface area contributed by atoms with E-state index < -0.39 is 0 Å². The molecule has 0 aromatic heterocycles. The molecule has 1 rings (SSSR count). The lowest BCUT2D eigenvalue weighted by Crippen LogP contribution is -2.24. The van der Waals surface area contributed by atoms with Gasteiger partial charge >= 0.3 is 0 Å². The highest BCUT2D eigenvalue weighted by Gasteiger charge is 2.09. The number of nitrogens with one attached hydrogen (secondary N) is 2. The summed E-state index contributed by atoms with van der Waals surface area (Å²) in [5.74, 6) is 0. The Balaban J connectivity index is 0.000000471. The van der Waals surface area contributed by atoms with Gasteiger partial charge in [-0.15, -0.1) is 0 Å². The van der Waals surface area contributed by atoms with Crippen LogP contribution in [0.3, 0.4) is 0 Å². The molecular formula is C15H34N2O4. The Kier molecular flexibility index (Phi) is 17.6. The number of methoxy groups -OCH3 is 1. The minimum Gasteiger partial charge on any atom is -0.394 e. The lowest BCUT2D eigenvalue weighted by Gasteiger charge is -2.05. The summed E-state index contributed by atoms with van der Waals surface area (Å²) in [5, 5.41) is 15.0. The first-order chi connectivity index (χ1) is 10.3. The highest BCUT2D eigenvalue weighted by Crippen LogP contribution is 2.06. The van der Waals surface area contributed by atoms with Gasteiger partial charge in [0.1, 0.15) is 0 Å². The zero-order valence-corrected chi connectivity index (χ0v) is 13.7. The predicted molar refractivity (Wildman–Crippen MR) is 84.8 cm³/mol.